The van der Waals surface area contributed by atoms with Gasteiger partial charge in [0.2, 0.25) is 0 Å². The van der Waals surface area contributed by atoms with Crippen LogP contribution < -0.4 is 9.47 Å². The molecule has 0 spiro atoms. The van der Waals surface area contributed by atoms with Gasteiger partial charge in [0, 0.05) is 17.2 Å². The van der Waals surface area contributed by atoms with E-state index in [1.807, 2.05) is 48.5 Å². The van der Waals surface area contributed by atoms with E-state index in [-0.39, 0.29) is 5.75 Å². The van der Waals surface area contributed by atoms with Crippen molar-refractivity contribution in [2.24, 2.45) is 0 Å². The molecule has 0 radical (unpaired) electrons. The first-order valence-corrected chi connectivity index (χ1v) is 7.55. The van der Waals surface area contributed by atoms with Crippen LogP contribution in [0.3, 0.4) is 0 Å². The van der Waals surface area contributed by atoms with Crippen molar-refractivity contribution in [3.8, 4) is 17.2 Å². The molecule has 1 heterocycles. The minimum atomic E-state index is -0.616. The lowest BCUT2D eigenvalue weighted by Crippen LogP contribution is -2.23. The van der Waals surface area contributed by atoms with Crippen molar-refractivity contribution >= 4 is 5.97 Å². The molecule has 3 nitrogen and oxygen atoms in total. The number of esters is 1. The van der Waals surface area contributed by atoms with Crippen LogP contribution in [0.5, 0.6) is 17.2 Å². The fourth-order valence-electron chi connectivity index (χ4n) is 2.87. The Labute approximate surface area is 138 Å². The highest BCUT2D eigenvalue weighted by atomic mass is 19.1. The number of hydrogen-bond donors (Lipinski definition) is 0. The number of carbonyl (C=O) groups excluding carboxylic acids is 1. The van der Waals surface area contributed by atoms with Crippen molar-refractivity contribution in [3.63, 3.8) is 0 Å². The summed E-state index contributed by atoms with van der Waals surface area (Å²) in [7, 11) is 0. The quantitative estimate of drug-likeness (QED) is 0.508. The average molecular weight is 320 g/mol. The zero-order chi connectivity index (χ0) is 16.5. The van der Waals surface area contributed by atoms with Crippen molar-refractivity contribution in [3.05, 3.63) is 89.7 Å². The molecular formula is C20H13FO3. The van der Waals surface area contributed by atoms with Crippen LogP contribution in [0.15, 0.2) is 72.8 Å². The lowest BCUT2D eigenvalue weighted by molar-refractivity contribution is -0.135. The van der Waals surface area contributed by atoms with Crippen LogP contribution in [0.2, 0.25) is 0 Å². The Bertz CT molecular complexity index is 875. The SMILES string of the molecule is O=C(Oc1cccc(F)c1)C1c2ccccc2Oc2ccccc21. The molecule has 0 saturated carbocycles. The van der Waals surface area contributed by atoms with Gasteiger partial charge < -0.3 is 9.47 Å². The molecule has 3 aromatic carbocycles. The predicted molar refractivity (Wildman–Crippen MR) is 86.8 cm³/mol. The summed E-state index contributed by atoms with van der Waals surface area (Å²) in [6.07, 6.45) is 0. The van der Waals surface area contributed by atoms with Crippen LogP contribution >= 0.6 is 0 Å². The maximum absolute atomic E-state index is 13.3. The first-order valence-electron chi connectivity index (χ1n) is 7.55. The minimum absolute atomic E-state index is 0.182. The third-order valence-electron chi connectivity index (χ3n) is 3.93. The monoisotopic (exact) mass is 320 g/mol. The second-order valence-corrected chi connectivity index (χ2v) is 5.49. The van der Waals surface area contributed by atoms with Crippen molar-refractivity contribution in [2.45, 2.75) is 5.92 Å². The van der Waals surface area contributed by atoms with Crippen molar-refractivity contribution in [2.75, 3.05) is 0 Å². The second kappa shape index (κ2) is 5.81. The molecule has 0 saturated heterocycles. The highest BCUT2D eigenvalue weighted by molar-refractivity contribution is 5.87. The van der Waals surface area contributed by atoms with Crippen LogP contribution in [-0.2, 0) is 4.79 Å². The molecule has 0 amide bonds. The number of halogens is 1. The summed E-state index contributed by atoms with van der Waals surface area (Å²) in [6, 6.07) is 20.2. The lowest BCUT2D eigenvalue weighted by atomic mass is 9.88. The zero-order valence-corrected chi connectivity index (χ0v) is 12.6. The summed E-state index contributed by atoms with van der Waals surface area (Å²) in [5, 5.41) is 0. The molecule has 118 valence electrons. The molecule has 1 aliphatic rings. The van der Waals surface area contributed by atoms with E-state index in [1.54, 1.807) is 6.07 Å². The minimum Gasteiger partial charge on any atom is -0.457 e. The maximum Gasteiger partial charge on any atom is 0.323 e. The van der Waals surface area contributed by atoms with Gasteiger partial charge >= 0.3 is 5.97 Å². The Morgan fingerprint density at radius 3 is 2.12 bits per heavy atom. The van der Waals surface area contributed by atoms with Gasteiger partial charge in [-0.3, -0.25) is 4.79 Å². The van der Waals surface area contributed by atoms with E-state index < -0.39 is 17.7 Å². The molecule has 0 aromatic heterocycles. The number of fused-ring (bicyclic) bond motifs is 2. The van der Waals surface area contributed by atoms with Crippen LogP contribution in [0.1, 0.15) is 17.0 Å². The summed E-state index contributed by atoms with van der Waals surface area (Å²) < 4.78 is 24.6. The van der Waals surface area contributed by atoms with Crippen LogP contribution in [-0.4, -0.2) is 5.97 Å². The highest BCUT2D eigenvalue weighted by Crippen LogP contribution is 2.44. The number of benzene rings is 3. The first-order chi connectivity index (χ1) is 11.7. The van der Waals surface area contributed by atoms with E-state index in [0.29, 0.717) is 11.5 Å². The molecule has 4 rings (SSSR count). The van der Waals surface area contributed by atoms with Gasteiger partial charge in [0.05, 0.1) is 0 Å². The first kappa shape index (κ1) is 14.5. The van der Waals surface area contributed by atoms with E-state index in [9.17, 15) is 9.18 Å². The van der Waals surface area contributed by atoms with Gasteiger partial charge in [-0.2, -0.15) is 0 Å². The average Bonchev–Trinajstić information content (AvgIpc) is 2.59. The van der Waals surface area contributed by atoms with E-state index in [4.69, 9.17) is 9.47 Å². The Balaban J connectivity index is 1.75. The Morgan fingerprint density at radius 1 is 0.875 bits per heavy atom. The van der Waals surface area contributed by atoms with Gasteiger partial charge in [0.15, 0.2) is 0 Å². The standard InChI is InChI=1S/C20H13FO3/c21-13-6-5-7-14(12-13)23-20(22)19-15-8-1-3-10-17(15)24-18-11-4-2-9-16(18)19/h1-12,19H. The van der Waals surface area contributed by atoms with Gasteiger partial charge in [-0.1, -0.05) is 42.5 Å². The number of para-hydroxylation sites is 2. The highest BCUT2D eigenvalue weighted by Gasteiger charge is 2.33. The fourth-order valence-corrected chi connectivity index (χ4v) is 2.87. The Morgan fingerprint density at radius 2 is 1.50 bits per heavy atom. The zero-order valence-electron chi connectivity index (χ0n) is 12.6. The smallest absolute Gasteiger partial charge is 0.323 e. The van der Waals surface area contributed by atoms with Crippen molar-refractivity contribution in [1.29, 1.82) is 0 Å². The molecule has 1 aliphatic heterocycles. The third-order valence-corrected chi connectivity index (χ3v) is 3.93. The van der Waals surface area contributed by atoms with Gasteiger partial charge in [-0.15, -0.1) is 0 Å². The summed E-state index contributed by atoms with van der Waals surface area (Å²) in [5.41, 5.74) is 1.47. The number of rotatable bonds is 2. The van der Waals surface area contributed by atoms with Crippen LogP contribution in [0, 0.1) is 5.82 Å². The van der Waals surface area contributed by atoms with Crippen molar-refractivity contribution in [1.82, 2.24) is 0 Å². The van der Waals surface area contributed by atoms with E-state index >= 15 is 0 Å². The van der Waals surface area contributed by atoms with Gasteiger partial charge in [0.25, 0.3) is 0 Å². The molecule has 0 fully saturated rings. The topological polar surface area (TPSA) is 35.5 Å². The van der Waals surface area contributed by atoms with E-state index in [2.05, 4.69) is 0 Å². The Hall–Kier alpha value is -3.14. The fraction of sp³-hybridized carbons (Fsp3) is 0.0500. The molecule has 4 heteroatoms. The summed E-state index contributed by atoms with van der Waals surface area (Å²) >= 11 is 0. The summed E-state index contributed by atoms with van der Waals surface area (Å²) in [5.74, 6) is -0.109. The van der Waals surface area contributed by atoms with Gasteiger partial charge in [0.1, 0.15) is 29.0 Å². The largest absolute Gasteiger partial charge is 0.457 e. The molecule has 24 heavy (non-hydrogen) atoms. The second-order valence-electron chi connectivity index (χ2n) is 5.49. The number of ether oxygens (including phenoxy) is 2. The lowest BCUT2D eigenvalue weighted by Gasteiger charge is -2.26. The third kappa shape index (κ3) is 2.52. The molecular weight excluding hydrogens is 307 g/mol. The molecule has 0 N–H and O–H groups in total. The van der Waals surface area contributed by atoms with E-state index in [0.717, 1.165) is 11.1 Å². The number of carbonyl (C=O) groups is 1. The molecule has 0 unspecified atom stereocenters. The van der Waals surface area contributed by atoms with E-state index in [1.165, 1.54) is 18.2 Å². The maximum atomic E-state index is 13.3. The normalized spacial score (nSPS) is 12.7. The molecule has 0 aliphatic carbocycles. The molecule has 3 aromatic rings. The number of hydrogen-bond acceptors (Lipinski definition) is 3. The van der Waals surface area contributed by atoms with Crippen LogP contribution in [0.4, 0.5) is 4.39 Å². The molecule has 0 bridgehead atoms. The summed E-state index contributed by atoms with van der Waals surface area (Å²) in [4.78, 5) is 12.8. The Kier molecular flexibility index (Phi) is 3.50. The summed E-state index contributed by atoms with van der Waals surface area (Å²) in [6.45, 7) is 0. The van der Waals surface area contributed by atoms with Gasteiger partial charge in [-0.25, -0.2) is 4.39 Å². The van der Waals surface area contributed by atoms with Gasteiger partial charge in [-0.05, 0) is 24.3 Å². The van der Waals surface area contributed by atoms with Crippen molar-refractivity contribution < 1.29 is 18.7 Å². The molecule has 0 atom stereocenters. The van der Waals surface area contributed by atoms with Crippen LogP contribution in [0.25, 0.3) is 0 Å². The predicted octanol–water partition coefficient (Wildman–Crippen LogP) is 4.67.